The van der Waals surface area contributed by atoms with Crippen LogP contribution in [0.2, 0.25) is 6.32 Å². The molecule has 9 heavy (non-hydrogen) atoms. The lowest BCUT2D eigenvalue weighted by molar-refractivity contribution is 0.397. The zero-order valence-electron chi connectivity index (χ0n) is 6.25. The lowest BCUT2D eigenvalue weighted by atomic mass is 9.83. The van der Waals surface area contributed by atoms with E-state index in [2.05, 4.69) is 20.8 Å². The second-order valence-corrected chi connectivity index (χ2v) is 4.77. The number of hydrogen-bond acceptors (Lipinski definition) is 0. The summed E-state index contributed by atoms with van der Waals surface area (Å²) in [6, 6.07) is 0. The molecule has 0 unspecified atom stereocenters. The van der Waals surface area contributed by atoms with Gasteiger partial charge >= 0.3 is 5.54 Å². The Bertz CT molecular complexity index is 75.6. The van der Waals surface area contributed by atoms with Gasteiger partial charge in [-0.05, 0) is 11.7 Å². The fraction of sp³-hybridized carbons (Fsp3) is 1.00. The molecule has 0 amide bonds. The summed E-state index contributed by atoms with van der Waals surface area (Å²) in [5, 5.41) is 0. The SMILES string of the molecule is CC(C)(C)CCB(Cl)Cl. The predicted molar refractivity (Wildman–Crippen MR) is 46.3 cm³/mol. The maximum absolute atomic E-state index is 5.55. The average molecular weight is 167 g/mol. The average Bonchev–Trinajstić information content (AvgIpc) is 1.59. The molecule has 0 radical (unpaired) electrons. The summed E-state index contributed by atoms with van der Waals surface area (Å²) in [6.07, 6.45) is 1.98. The third-order valence-electron chi connectivity index (χ3n) is 1.11. The van der Waals surface area contributed by atoms with E-state index < -0.39 is 0 Å². The molecule has 0 nitrogen and oxygen atoms in total. The first-order valence-electron chi connectivity index (χ1n) is 3.20. The highest BCUT2D eigenvalue weighted by molar-refractivity contribution is 7.33. The van der Waals surface area contributed by atoms with Crippen LogP contribution in [-0.4, -0.2) is 5.54 Å². The van der Waals surface area contributed by atoms with Gasteiger partial charge in [-0.15, -0.1) is 0 Å². The molecule has 0 aromatic rings. The highest BCUT2D eigenvalue weighted by Crippen LogP contribution is 2.23. The highest BCUT2D eigenvalue weighted by Gasteiger charge is 2.13. The summed E-state index contributed by atoms with van der Waals surface area (Å²) in [6.45, 7) is 6.55. The molecule has 0 saturated heterocycles. The molecule has 0 spiro atoms. The minimum atomic E-state index is -0.191. The van der Waals surface area contributed by atoms with Crippen LogP contribution in [0, 0.1) is 5.41 Å². The van der Waals surface area contributed by atoms with E-state index >= 15 is 0 Å². The van der Waals surface area contributed by atoms with E-state index in [-0.39, 0.29) is 5.54 Å². The normalized spacial score (nSPS) is 11.7. The second-order valence-electron chi connectivity index (χ2n) is 3.49. The molecule has 0 rings (SSSR count). The molecule has 3 heteroatoms. The molecule has 0 aliphatic heterocycles. The highest BCUT2D eigenvalue weighted by atomic mass is 35.5. The summed E-state index contributed by atoms with van der Waals surface area (Å²) in [5.74, 6) is 0. The van der Waals surface area contributed by atoms with E-state index in [0.717, 1.165) is 12.7 Å². The molecule has 0 aromatic carbocycles. The van der Waals surface area contributed by atoms with E-state index in [1.807, 2.05) is 0 Å². The summed E-state index contributed by atoms with van der Waals surface area (Å²) in [4.78, 5) is 0. The van der Waals surface area contributed by atoms with Crippen molar-refractivity contribution >= 4 is 28.5 Å². The van der Waals surface area contributed by atoms with Gasteiger partial charge in [0.1, 0.15) is 0 Å². The first kappa shape index (κ1) is 9.64. The maximum Gasteiger partial charge on any atom is 0.351 e. The van der Waals surface area contributed by atoms with Crippen LogP contribution >= 0.6 is 22.9 Å². The third kappa shape index (κ3) is 8.64. The molecule has 0 atom stereocenters. The summed E-state index contributed by atoms with van der Waals surface area (Å²) >= 11 is 11.1. The molecule has 0 heterocycles. The van der Waals surface area contributed by atoms with Crippen LogP contribution in [0.25, 0.3) is 0 Å². The number of rotatable bonds is 2. The van der Waals surface area contributed by atoms with Gasteiger partial charge in [-0.1, -0.05) is 27.2 Å². The van der Waals surface area contributed by atoms with Gasteiger partial charge < -0.3 is 0 Å². The lowest BCUT2D eigenvalue weighted by Crippen LogP contribution is -2.07. The molecule has 0 fully saturated rings. The van der Waals surface area contributed by atoms with E-state index in [1.54, 1.807) is 0 Å². The summed E-state index contributed by atoms with van der Waals surface area (Å²) < 4.78 is 0. The molecule has 0 aromatic heterocycles. The molecule has 0 saturated carbocycles. The van der Waals surface area contributed by atoms with Crippen LogP contribution in [0.15, 0.2) is 0 Å². The van der Waals surface area contributed by atoms with Gasteiger partial charge in [0.25, 0.3) is 0 Å². The Kier molecular flexibility index (Phi) is 3.99. The van der Waals surface area contributed by atoms with Gasteiger partial charge in [0.2, 0.25) is 0 Å². The van der Waals surface area contributed by atoms with Crippen molar-refractivity contribution in [3.05, 3.63) is 0 Å². The molecule has 54 valence electrons. The maximum atomic E-state index is 5.55. The Morgan fingerprint density at radius 1 is 1.22 bits per heavy atom. The third-order valence-corrected chi connectivity index (χ3v) is 1.55. The van der Waals surface area contributed by atoms with Gasteiger partial charge in [-0.2, -0.15) is 22.9 Å². The van der Waals surface area contributed by atoms with Crippen molar-refractivity contribution < 1.29 is 0 Å². The Morgan fingerprint density at radius 3 is 1.78 bits per heavy atom. The molecule has 0 aliphatic carbocycles. The zero-order valence-corrected chi connectivity index (χ0v) is 7.76. The topological polar surface area (TPSA) is 0 Å². The standard InChI is InChI=1S/C6H13BCl2/c1-6(2,3)4-5-7(8)9/h4-5H2,1-3H3. The largest absolute Gasteiger partial charge is 0.351 e. The zero-order chi connectivity index (χ0) is 7.49. The van der Waals surface area contributed by atoms with Crippen LogP contribution in [0.1, 0.15) is 27.2 Å². The van der Waals surface area contributed by atoms with Gasteiger partial charge in [-0.3, -0.25) is 0 Å². The van der Waals surface area contributed by atoms with Gasteiger partial charge in [0.05, 0.1) is 0 Å². The number of halogens is 2. The fourth-order valence-electron chi connectivity index (χ4n) is 0.542. The van der Waals surface area contributed by atoms with Gasteiger partial charge in [0, 0.05) is 0 Å². The minimum absolute atomic E-state index is 0.191. The molecule has 0 N–H and O–H groups in total. The molecule has 0 bridgehead atoms. The van der Waals surface area contributed by atoms with Crippen LogP contribution < -0.4 is 0 Å². The fourth-order valence-corrected chi connectivity index (χ4v) is 0.760. The summed E-state index contributed by atoms with van der Waals surface area (Å²) in [7, 11) is 0. The Hall–Kier alpha value is 0.645. The van der Waals surface area contributed by atoms with E-state index in [1.165, 1.54) is 0 Å². The minimum Gasteiger partial charge on any atom is -0.172 e. The van der Waals surface area contributed by atoms with E-state index in [0.29, 0.717) is 5.41 Å². The summed E-state index contributed by atoms with van der Waals surface area (Å²) in [5.41, 5.74) is 0.173. The van der Waals surface area contributed by atoms with Crippen molar-refractivity contribution in [3.63, 3.8) is 0 Å². The van der Waals surface area contributed by atoms with E-state index in [9.17, 15) is 0 Å². The Labute approximate surface area is 67.8 Å². The monoisotopic (exact) mass is 166 g/mol. The van der Waals surface area contributed by atoms with E-state index in [4.69, 9.17) is 22.9 Å². The van der Waals surface area contributed by atoms with Crippen LogP contribution in [0.5, 0.6) is 0 Å². The first-order valence-corrected chi connectivity index (χ1v) is 4.07. The van der Waals surface area contributed by atoms with Crippen LogP contribution in [0.3, 0.4) is 0 Å². The molecular formula is C6H13BCl2. The van der Waals surface area contributed by atoms with Crippen LogP contribution in [-0.2, 0) is 0 Å². The van der Waals surface area contributed by atoms with Gasteiger partial charge in [-0.25, -0.2) is 0 Å². The Morgan fingerprint density at radius 2 is 1.67 bits per heavy atom. The van der Waals surface area contributed by atoms with Gasteiger partial charge in [0.15, 0.2) is 0 Å². The van der Waals surface area contributed by atoms with Crippen molar-refractivity contribution in [2.45, 2.75) is 33.5 Å². The van der Waals surface area contributed by atoms with Crippen molar-refractivity contribution in [2.75, 3.05) is 0 Å². The molecular weight excluding hydrogens is 154 g/mol. The Balaban J connectivity index is 3.28. The number of hydrogen-bond donors (Lipinski definition) is 0. The van der Waals surface area contributed by atoms with Crippen molar-refractivity contribution in [1.29, 1.82) is 0 Å². The molecule has 0 aliphatic rings. The van der Waals surface area contributed by atoms with Crippen molar-refractivity contribution in [3.8, 4) is 0 Å². The first-order chi connectivity index (χ1) is 3.92. The lowest BCUT2D eigenvalue weighted by Gasteiger charge is -2.16. The second kappa shape index (κ2) is 3.73. The predicted octanol–water partition coefficient (Wildman–Crippen LogP) is 3.39. The smallest absolute Gasteiger partial charge is 0.172 e. The van der Waals surface area contributed by atoms with Crippen molar-refractivity contribution in [2.24, 2.45) is 5.41 Å². The van der Waals surface area contributed by atoms with Crippen molar-refractivity contribution in [1.82, 2.24) is 0 Å². The quantitative estimate of drug-likeness (QED) is 0.552. The van der Waals surface area contributed by atoms with Crippen LogP contribution in [0.4, 0.5) is 0 Å².